The third kappa shape index (κ3) is 3.69. The number of hydrogen-bond acceptors (Lipinski definition) is 3. The van der Waals surface area contributed by atoms with Crippen molar-refractivity contribution in [2.45, 2.75) is 64.1 Å². The van der Waals surface area contributed by atoms with E-state index >= 15 is 0 Å². The molecule has 0 saturated carbocycles. The van der Waals surface area contributed by atoms with E-state index in [1.54, 1.807) is 0 Å². The van der Waals surface area contributed by atoms with Gasteiger partial charge in [0.05, 0.1) is 6.54 Å². The van der Waals surface area contributed by atoms with Crippen LogP contribution in [-0.2, 0) is 4.79 Å². The minimum atomic E-state index is 0.320. The van der Waals surface area contributed by atoms with Gasteiger partial charge in [-0.1, -0.05) is 0 Å². The molecule has 1 amide bonds. The molecule has 0 spiro atoms. The molecule has 2 aliphatic heterocycles. The van der Waals surface area contributed by atoms with E-state index in [0.717, 1.165) is 38.8 Å². The first-order chi connectivity index (χ1) is 9.09. The fraction of sp³-hybridized carbons (Fsp3) is 0.933. The first-order valence-electron chi connectivity index (χ1n) is 7.81. The molecule has 1 N–H and O–H groups in total. The van der Waals surface area contributed by atoms with Crippen molar-refractivity contribution in [2.24, 2.45) is 0 Å². The van der Waals surface area contributed by atoms with Gasteiger partial charge in [-0.3, -0.25) is 9.69 Å². The lowest BCUT2D eigenvalue weighted by Crippen LogP contribution is -2.52. The Morgan fingerprint density at radius 3 is 2.32 bits per heavy atom. The van der Waals surface area contributed by atoms with Gasteiger partial charge in [-0.05, 0) is 66.1 Å². The summed E-state index contributed by atoms with van der Waals surface area (Å²) < 4.78 is 0. The van der Waals surface area contributed by atoms with E-state index in [4.69, 9.17) is 0 Å². The van der Waals surface area contributed by atoms with E-state index in [2.05, 4.69) is 36.0 Å². The Balaban J connectivity index is 1.88. The summed E-state index contributed by atoms with van der Waals surface area (Å²) in [4.78, 5) is 16.9. The Bertz CT molecular complexity index is 292. The highest BCUT2D eigenvalue weighted by Gasteiger charge is 2.30. The summed E-state index contributed by atoms with van der Waals surface area (Å²) in [5.41, 5.74) is 0. The predicted molar refractivity (Wildman–Crippen MR) is 78.1 cm³/mol. The first kappa shape index (κ1) is 14.8. The van der Waals surface area contributed by atoms with Gasteiger partial charge in [0, 0.05) is 18.1 Å². The van der Waals surface area contributed by atoms with Gasteiger partial charge >= 0.3 is 0 Å². The second kappa shape index (κ2) is 6.71. The van der Waals surface area contributed by atoms with Crippen LogP contribution in [0.25, 0.3) is 0 Å². The highest BCUT2D eigenvalue weighted by atomic mass is 16.2. The van der Waals surface area contributed by atoms with Crippen LogP contribution < -0.4 is 5.32 Å². The molecule has 0 aromatic carbocycles. The van der Waals surface area contributed by atoms with Gasteiger partial charge in [0.15, 0.2) is 0 Å². The zero-order valence-corrected chi connectivity index (χ0v) is 12.7. The van der Waals surface area contributed by atoms with E-state index in [9.17, 15) is 4.79 Å². The van der Waals surface area contributed by atoms with Crippen LogP contribution in [-0.4, -0.2) is 60.5 Å². The van der Waals surface area contributed by atoms with Crippen LogP contribution in [0.15, 0.2) is 0 Å². The zero-order valence-electron chi connectivity index (χ0n) is 12.7. The Morgan fingerprint density at radius 1 is 1.16 bits per heavy atom. The van der Waals surface area contributed by atoms with Gasteiger partial charge < -0.3 is 10.2 Å². The molecule has 110 valence electrons. The summed E-state index contributed by atoms with van der Waals surface area (Å²) in [5.74, 6) is 0.320. The number of likely N-dealkylation sites (N-methyl/N-ethyl adjacent to an activating group) is 1. The minimum absolute atomic E-state index is 0.320. The second-order valence-electron chi connectivity index (χ2n) is 6.33. The average molecular weight is 267 g/mol. The normalized spacial score (nSPS) is 29.8. The quantitative estimate of drug-likeness (QED) is 0.841. The minimum Gasteiger partial charge on any atom is -0.336 e. The Morgan fingerprint density at radius 2 is 1.74 bits per heavy atom. The van der Waals surface area contributed by atoms with E-state index in [1.165, 1.54) is 6.42 Å². The molecule has 4 nitrogen and oxygen atoms in total. The van der Waals surface area contributed by atoms with Gasteiger partial charge in [0.1, 0.15) is 0 Å². The monoisotopic (exact) mass is 267 g/mol. The summed E-state index contributed by atoms with van der Waals surface area (Å²) in [6.45, 7) is 7.13. The van der Waals surface area contributed by atoms with Crippen LogP contribution in [0.2, 0.25) is 0 Å². The second-order valence-corrected chi connectivity index (χ2v) is 6.33. The van der Waals surface area contributed by atoms with Crippen LogP contribution in [0.4, 0.5) is 0 Å². The third-order valence-corrected chi connectivity index (χ3v) is 4.80. The molecule has 2 aliphatic rings. The van der Waals surface area contributed by atoms with Crippen LogP contribution >= 0.6 is 0 Å². The number of likely N-dealkylation sites (tertiary alicyclic amines) is 1. The number of rotatable bonds is 3. The van der Waals surface area contributed by atoms with Gasteiger partial charge in [0.2, 0.25) is 5.91 Å². The van der Waals surface area contributed by atoms with Crippen molar-refractivity contribution in [3.63, 3.8) is 0 Å². The topological polar surface area (TPSA) is 35.6 Å². The predicted octanol–water partition coefficient (Wildman–Crippen LogP) is 1.46. The maximum atomic E-state index is 12.5. The largest absolute Gasteiger partial charge is 0.336 e. The van der Waals surface area contributed by atoms with Crippen molar-refractivity contribution in [2.75, 3.05) is 26.7 Å². The maximum Gasteiger partial charge on any atom is 0.237 e. The van der Waals surface area contributed by atoms with Gasteiger partial charge in [-0.2, -0.15) is 0 Å². The fourth-order valence-electron chi connectivity index (χ4n) is 3.58. The molecule has 2 rings (SSSR count). The smallest absolute Gasteiger partial charge is 0.237 e. The fourth-order valence-corrected chi connectivity index (χ4v) is 3.58. The SMILES string of the molecule is CC1CCCC(C)N1C(=O)CN(C)C1CCNCC1. The lowest BCUT2D eigenvalue weighted by atomic mass is 9.97. The highest BCUT2D eigenvalue weighted by Crippen LogP contribution is 2.23. The summed E-state index contributed by atoms with van der Waals surface area (Å²) in [6.07, 6.45) is 5.90. The van der Waals surface area contributed by atoms with Gasteiger partial charge in [-0.25, -0.2) is 0 Å². The highest BCUT2D eigenvalue weighted by molar-refractivity contribution is 5.79. The molecule has 19 heavy (non-hydrogen) atoms. The lowest BCUT2D eigenvalue weighted by molar-refractivity contribution is -0.138. The van der Waals surface area contributed by atoms with Crippen LogP contribution in [0.5, 0.6) is 0 Å². The Hall–Kier alpha value is -0.610. The molecule has 0 aromatic rings. The lowest BCUT2D eigenvalue weighted by Gasteiger charge is -2.41. The molecule has 2 atom stereocenters. The molecule has 2 fully saturated rings. The van der Waals surface area contributed by atoms with E-state index in [1.807, 2.05) is 0 Å². The number of piperidine rings is 2. The molecular formula is C15H29N3O. The summed E-state index contributed by atoms with van der Waals surface area (Å²) in [7, 11) is 2.10. The van der Waals surface area contributed by atoms with Crippen molar-refractivity contribution in [1.29, 1.82) is 0 Å². The summed E-state index contributed by atoms with van der Waals surface area (Å²) in [5, 5.41) is 3.38. The summed E-state index contributed by atoms with van der Waals surface area (Å²) in [6, 6.07) is 1.40. The molecule has 4 heteroatoms. The van der Waals surface area contributed by atoms with Crippen molar-refractivity contribution >= 4 is 5.91 Å². The van der Waals surface area contributed by atoms with Gasteiger partial charge in [0.25, 0.3) is 0 Å². The summed E-state index contributed by atoms with van der Waals surface area (Å²) >= 11 is 0. The molecule has 0 aliphatic carbocycles. The number of nitrogens with one attached hydrogen (secondary N) is 1. The molecule has 0 aromatic heterocycles. The average Bonchev–Trinajstić information content (AvgIpc) is 2.39. The molecule has 2 heterocycles. The van der Waals surface area contributed by atoms with E-state index in [-0.39, 0.29) is 0 Å². The number of hydrogen-bond donors (Lipinski definition) is 1. The third-order valence-electron chi connectivity index (χ3n) is 4.80. The maximum absolute atomic E-state index is 12.5. The van der Waals surface area contributed by atoms with Crippen molar-refractivity contribution in [3.8, 4) is 0 Å². The zero-order chi connectivity index (χ0) is 13.8. The first-order valence-corrected chi connectivity index (χ1v) is 7.81. The molecule has 2 saturated heterocycles. The molecular weight excluding hydrogens is 238 g/mol. The standard InChI is InChI=1S/C15H29N3O/c1-12-5-4-6-13(2)18(12)15(19)11-17(3)14-7-9-16-10-8-14/h12-14,16H,4-11H2,1-3H3. The van der Waals surface area contributed by atoms with Gasteiger partial charge in [-0.15, -0.1) is 0 Å². The van der Waals surface area contributed by atoms with Crippen molar-refractivity contribution < 1.29 is 4.79 Å². The van der Waals surface area contributed by atoms with Crippen LogP contribution in [0.1, 0.15) is 46.0 Å². The molecule has 0 bridgehead atoms. The number of nitrogens with zero attached hydrogens (tertiary/aromatic N) is 2. The van der Waals surface area contributed by atoms with Crippen LogP contribution in [0, 0.1) is 0 Å². The Labute approximate surface area is 117 Å². The number of carbonyl (C=O) groups is 1. The van der Waals surface area contributed by atoms with E-state index < -0.39 is 0 Å². The van der Waals surface area contributed by atoms with Crippen molar-refractivity contribution in [1.82, 2.24) is 15.1 Å². The number of amides is 1. The van der Waals surface area contributed by atoms with Crippen LogP contribution in [0.3, 0.4) is 0 Å². The Kier molecular flexibility index (Phi) is 5.22. The van der Waals surface area contributed by atoms with Crippen molar-refractivity contribution in [3.05, 3.63) is 0 Å². The van der Waals surface area contributed by atoms with E-state index in [0.29, 0.717) is 30.6 Å². The number of carbonyl (C=O) groups excluding carboxylic acids is 1. The molecule has 0 radical (unpaired) electrons. The molecule has 2 unspecified atom stereocenters.